The van der Waals surface area contributed by atoms with Gasteiger partial charge in [-0.2, -0.15) is 0 Å². The summed E-state index contributed by atoms with van der Waals surface area (Å²) in [7, 11) is 0. The lowest BCUT2D eigenvalue weighted by molar-refractivity contribution is -0.125. The maximum absolute atomic E-state index is 15.3. The Bertz CT molecular complexity index is 2330. The van der Waals surface area contributed by atoms with Crippen LogP contribution in [-0.4, -0.2) is 34.7 Å². The van der Waals surface area contributed by atoms with Crippen molar-refractivity contribution in [1.29, 1.82) is 0 Å². The van der Waals surface area contributed by atoms with Gasteiger partial charge < -0.3 is 9.80 Å². The lowest BCUT2D eigenvalue weighted by Crippen LogP contribution is -2.34. The van der Waals surface area contributed by atoms with E-state index in [9.17, 15) is 0 Å². The van der Waals surface area contributed by atoms with Crippen LogP contribution in [0.1, 0.15) is 260 Å². The average molecular weight is 1080 g/mol. The topological polar surface area (TPSA) is 40.6 Å². The van der Waals surface area contributed by atoms with Gasteiger partial charge in [0.15, 0.2) is 0 Å². The summed E-state index contributed by atoms with van der Waals surface area (Å²) < 4.78 is 0. The van der Waals surface area contributed by atoms with E-state index in [2.05, 4.69) is 112 Å². The molecule has 6 heterocycles. The third kappa shape index (κ3) is 18.9. The third-order valence-corrected chi connectivity index (χ3v) is 20.5. The summed E-state index contributed by atoms with van der Waals surface area (Å²) in [5, 5.41) is 0. The molecule has 2 aliphatic heterocycles. The molecule has 2 amide bonds. The predicted molar refractivity (Wildman–Crippen MR) is 329 cm³/mol. The zero-order valence-corrected chi connectivity index (χ0v) is 50.6. The molecule has 2 aliphatic rings. The first-order valence-electron chi connectivity index (χ1n) is 30.4. The second-order valence-electron chi connectivity index (χ2n) is 22.2. The minimum atomic E-state index is 0.0622. The van der Waals surface area contributed by atoms with E-state index in [1.54, 1.807) is 11.3 Å². The van der Waals surface area contributed by atoms with Crippen LogP contribution < -0.4 is 0 Å². The number of hydrogen-bond acceptors (Lipinski definition) is 6. The molecule has 0 fully saturated rings. The molecule has 0 saturated heterocycles. The highest BCUT2D eigenvalue weighted by molar-refractivity contribution is 7.23. The number of allylic oxidation sites excluding steroid dienone is 1. The second-order valence-corrected chi connectivity index (χ2v) is 26.8. The number of rotatable bonds is 41. The Morgan fingerprint density at radius 2 is 0.716 bits per heavy atom. The van der Waals surface area contributed by atoms with Crippen molar-refractivity contribution in [2.45, 2.75) is 247 Å². The van der Waals surface area contributed by atoms with Crippen LogP contribution in [0, 0.1) is 18.8 Å². The Morgan fingerprint density at radius 3 is 1.14 bits per heavy atom. The lowest BCUT2D eigenvalue weighted by atomic mass is 9.93. The molecule has 8 heteroatoms. The molecule has 0 aromatic carbocycles. The van der Waals surface area contributed by atoms with Crippen LogP contribution in [0.25, 0.3) is 37.4 Å². The Morgan fingerprint density at radius 1 is 0.378 bits per heavy atom. The molecule has 2 atom stereocenters. The Hall–Kier alpha value is -3.04. The van der Waals surface area contributed by atoms with Gasteiger partial charge in [-0.3, -0.25) is 9.59 Å². The Balaban J connectivity index is 1.24. The van der Waals surface area contributed by atoms with Gasteiger partial charge in [-0.25, -0.2) is 0 Å². The molecule has 2 unspecified atom stereocenters. The largest absolute Gasteiger partial charge is 0.311 e. The number of hydrogen-bond donors (Lipinski definition) is 0. The zero-order chi connectivity index (χ0) is 52.3. The maximum atomic E-state index is 15.3. The summed E-state index contributed by atoms with van der Waals surface area (Å²) in [6.07, 6.45) is 45.5. The van der Waals surface area contributed by atoms with Gasteiger partial charge in [0.2, 0.25) is 0 Å². The van der Waals surface area contributed by atoms with Gasteiger partial charge in [-0.05, 0) is 112 Å². The smallest absolute Gasteiger partial charge is 0.261 e. The van der Waals surface area contributed by atoms with E-state index in [0.717, 1.165) is 48.5 Å². The molecule has 6 rings (SSSR count). The molecule has 0 N–H and O–H groups in total. The van der Waals surface area contributed by atoms with Gasteiger partial charge in [-0.1, -0.05) is 207 Å². The summed E-state index contributed by atoms with van der Waals surface area (Å²) in [5.74, 6) is 0.991. The van der Waals surface area contributed by atoms with Crippen LogP contribution >= 0.6 is 45.3 Å². The molecule has 0 radical (unpaired) electrons. The van der Waals surface area contributed by atoms with Gasteiger partial charge in [-0.15, -0.1) is 45.3 Å². The fourth-order valence-corrected chi connectivity index (χ4v) is 15.4. The highest BCUT2D eigenvalue weighted by Crippen LogP contribution is 2.48. The van der Waals surface area contributed by atoms with Crippen molar-refractivity contribution >= 4 is 75.0 Å². The number of unbranched alkanes of at least 4 members (excludes halogenated alkanes) is 24. The standard InChI is InChI=1S/C66H98N2O2S4/c1-7-11-15-19-23-25-29-33-36-53(35-31-27-21-17-13-9-3)49-67-52(6)62-63(66(67)70)64(68(65(62)69)50-54(37-32-28-22-18-14-10-4)38-34-30-26-24-20-16-12-8-2)61-48-47-60(74-61)59-46-43-56(73-59)41-40-55-42-45-58(72-55)57-44-39-51(5)71-57/h39-48,53-54H,7-38,49-50H2,1-6H3/b41-40+. The number of nitrogens with zero attached hydrogens (tertiary/aromatic N) is 2. The Labute approximate surface area is 467 Å². The van der Waals surface area contributed by atoms with E-state index in [4.69, 9.17) is 0 Å². The maximum Gasteiger partial charge on any atom is 0.261 e. The SMILES string of the molecule is CCCCCCCCCCC(CCCCCCCC)CN1C(=O)C2=C(c3ccc(-c4ccc(/C=C/c5ccc(-c6ccc(C)s6)s5)s4)s3)N(CC(CCCCCCCC)CCCCCCCCCC)C(=O)C2=C1C. The molecule has 0 bridgehead atoms. The highest BCUT2D eigenvalue weighted by atomic mass is 32.1. The van der Waals surface area contributed by atoms with E-state index in [1.807, 2.05) is 34.0 Å². The van der Waals surface area contributed by atoms with Crippen LogP contribution in [0.5, 0.6) is 0 Å². The van der Waals surface area contributed by atoms with Crippen molar-refractivity contribution in [3.05, 3.63) is 84.9 Å². The van der Waals surface area contributed by atoms with Crippen LogP contribution in [0.15, 0.2) is 65.4 Å². The molecule has 0 aliphatic carbocycles. The number of carbonyl (C=O) groups is 2. The molecule has 74 heavy (non-hydrogen) atoms. The fourth-order valence-electron chi connectivity index (χ4n) is 11.4. The van der Waals surface area contributed by atoms with Gasteiger partial charge in [0.1, 0.15) is 0 Å². The van der Waals surface area contributed by atoms with Gasteiger partial charge >= 0.3 is 0 Å². The summed E-state index contributed by atoms with van der Waals surface area (Å²) in [5.41, 5.74) is 3.15. The predicted octanol–water partition coefficient (Wildman–Crippen LogP) is 22.2. The van der Waals surface area contributed by atoms with Crippen LogP contribution in [-0.2, 0) is 9.59 Å². The van der Waals surface area contributed by atoms with Gasteiger partial charge in [0.25, 0.3) is 11.8 Å². The van der Waals surface area contributed by atoms with Crippen LogP contribution in [0.2, 0.25) is 0 Å². The van der Waals surface area contributed by atoms with E-state index < -0.39 is 0 Å². The van der Waals surface area contributed by atoms with Crippen molar-refractivity contribution in [2.75, 3.05) is 13.1 Å². The summed E-state index contributed by atoms with van der Waals surface area (Å²) in [6, 6.07) is 17.8. The van der Waals surface area contributed by atoms with Crippen molar-refractivity contribution in [2.24, 2.45) is 11.8 Å². The van der Waals surface area contributed by atoms with E-state index in [0.29, 0.717) is 29.5 Å². The summed E-state index contributed by atoms with van der Waals surface area (Å²) in [4.78, 5) is 44.7. The van der Waals surface area contributed by atoms with Gasteiger partial charge in [0, 0.05) is 52.9 Å². The summed E-state index contributed by atoms with van der Waals surface area (Å²) in [6.45, 7) is 14.9. The van der Waals surface area contributed by atoms with E-state index in [1.165, 1.54) is 214 Å². The number of aryl methyl sites for hydroxylation is 1. The molecule has 4 aromatic heterocycles. The molecular weight excluding hydrogens is 981 g/mol. The van der Waals surface area contributed by atoms with Crippen molar-refractivity contribution < 1.29 is 9.59 Å². The molecule has 4 nitrogen and oxygen atoms in total. The summed E-state index contributed by atoms with van der Waals surface area (Å²) >= 11 is 7.28. The van der Waals surface area contributed by atoms with E-state index in [-0.39, 0.29) is 11.8 Å². The highest BCUT2D eigenvalue weighted by Gasteiger charge is 2.48. The minimum Gasteiger partial charge on any atom is -0.311 e. The number of thiophene rings is 4. The zero-order valence-electron chi connectivity index (χ0n) is 47.3. The average Bonchev–Trinajstić information content (AvgIpc) is 4.29. The van der Waals surface area contributed by atoms with E-state index >= 15 is 9.59 Å². The normalized spacial score (nSPS) is 14.8. The first-order chi connectivity index (χ1) is 36.3. The quantitative estimate of drug-likeness (QED) is 0.0416. The fraction of sp³-hybridized carbons (Fsp3) is 0.636. The molecule has 408 valence electrons. The molecule has 0 saturated carbocycles. The molecular formula is C66H98N2O2S4. The van der Waals surface area contributed by atoms with Gasteiger partial charge in [0.05, 0.1) is 21.7 Å². The number of fused-ring (bicyclic) bond motifs is 1. The van der Waals surface area contributed by atoms with Crippen LogP contribution in [0.4, 0.5) is 0 Å². The molecule has 0 spiro atoms. The Kier molecular flexibility index (Phi) is 27.6. The molecule has 4 aromatic rings. The minimum absolute atomic E-state index is 0.0622. The van der Waals surface area contributed by atoms with Crippen molar-refractivity contribution in [3.63, 3.8) is 0 Å². The first-order valence-corrected chi connectivity index (χ1v) is 33.7. The first kappa shape index (κ1) is 60.2. The third-order valence-electron chi connectivity index (χ3n) is 15.9. The second kappa shape index (κ2) is 34.0. The van der Waals surface area contributed by atoms with Crippen molar-refractivity contribution in [1.82, 2.24) is 9.80 Å². The van der Waals surface area contributed by atoms with Crippen molar-refractivity contribution in [3.8, 4) is 19.5 Å². The number of carbonyl (C=O) groups excluding carboxylic acids is 2. The lowest BCUT2D eigenvalue weighted by Gasteiger charge is -2.29. The number of amides is 2. The van der Waals surface area contributed by atoms with Crippen LogP contribution in [0.3, 0.4) is 0 Å². The monoisotopic (exact) mass is 1080 g/mol.